The first-order valence-corrected chi connectivity index (χ1v) is 6.12. The number of benzene rings is 1. The number of pyridine rings is 1. The maximum Gasteiger partial charge on any atom is 0.259 e. The number of aromatic nitrogens is 1. The number of hydrogen-bond acceptors (Lipinski definition) is 3. The van der Waals surface area contributed by atoms with Crippen LogP contribution >= 0.6 is 0 Å². The average Bonchev–Trinajstić information content (AvgIpc) is 2.32. The molecule has 0 fully saturated rings. The molecule has 0 saturated heterocycles. The van der Waals surface area contributed by atoms with E-state index in [1.807, 2.05) is 13.8 Å². The van der Waals surface area contributed by atoms with Crippen LogP contribution in [0.4, 0.5) is 5.69 Å². The van der Waals surface area contributed by atoms with Crippen LogP contribution in [0.2, 0.25) is 0 Å². The van der Waals surface area contributed by atoms with Crippen LogP contribution in [0, 0.1) is 5.92 Å². The number of fused-ring (bicyclic) bond motifs is 1. The van der Waals surface area contributed by atoms with Crippen LogP contribution in [0.3, 0.4) is 0 Å². The quantitative estimate of drug-likeness (QED) is 0.813. The van der Waals surface area contributed by atoms with E-state index >= 15 is 0 Å². The lowest BCUT2D eigenvalue weighted by atomic mass is 10.0. The maximum atomic E-state index is 12.4. The molecule has 0 saturated carbocycles. The molecule has 1 aromatic carbocycles. The van der Waals surface area contributed by atoms with Gasteiger partial charge in [-0.05, 0) is 24.1 Å². The third-order valence-corrected chi connectivity index (χ3v) is 3.23. The molecule has 2 aromatic rings. The van der Waals surface area contributed by atoms with Gasteiger partial charge in [-0.1, -0.05) is 19.9 Å². The van der Waals surface area contributed by atoms with Gasteiger partial charge in [-0.3, -0.25) is 9.59 Å². The van der Waals surface area contributed by atoms with Crippen molar-refractivity contribution in [1.82, 2.24) is 4.57 Å². The van der Waals surface area contributed by atoms with E-state index in [4.69, 9.17) is 11.5 Å². The standard InChI is InChI=1S/C14H17N3O2/c1-8(2)12(13(16)18)17-7-6-9-10(14(17)19)4-3-5-11(9)15/h3-8,12H,15H2,1-2H3,(H2,16,18). The van der Waals surface area contributed by atoms with Crippen molar-refractivity contribution in [2.45, 2.75) is 19.9 Å². The lowest BCUT2D eigenvalue weighted by molar-refractivity contribution is -0.122. The Labute approximate surface area is 110 Å². The minimum Gasteiger partial charge on any atom is -0.398 e. The second-order valence-corrected chi connectivity index (χ2v) is 4.93. The van der Waals surface area contributed by atoms with Gasteiger partial charge in [-0.15, -0.1) is 0 Å². The van der Waals surface area contributed by atoms with Gasteiger partial charge in [0.15, 0.2) is 0 Å². The summed E-state index contributed by atoms with van der Waals surface area (Å²) in [5.74, 6) is -0.575. The third-order valence-electron chi connectivity index (χ3n) is 3.23. The zero-order valence-electron chi connectivity index (χ0n) is 11.0. The molecular formula is C14H17N3O2. The molecule has 0 spiro atoms. The summed E-state index contributed by atoms with van der Waals surface area (Å²) in [6.07, 6.45) is 1.58. The Balaban J connectivity index is 2.73. The largest absolute Gasteiger partial charge is 0.398 e. The van der Waals surface area contributed by atoms with Crippen molar-refractivity contribution in [3.8, 4) is 0 Å². The number of primary amides is 1. The first-order chi connectivity index (χ1) is 8.93. The summed E-state index contributed by atoms with van der Waals surface area (Å²) in [7, 11) is 0. The van der Waals surface area contributed by atoms with Gasteiger partial charge in [0.05, 0.1) is 0 Å². The van der Waals surface area contributed by atoms with Gasteiger partial charge in [0, 0.05) is 22.7 Å². The number of hydrogen-bond donors (Lipinski definition) is 2. The highest BCUT2D eigenvalue weighted by Gasteiger charge is 2.23. The molecule has 19 heavy (non-hydrogen) atoms. The summed E-state index contributed by atoms with van der Waals surface area (Å²) in [6, 6.07) is 6.24. The lowest BCUT2D eigenvalue weighted by Gasteiger charge is -2.20. The summed E-state index contributed by atoms with van der Waals surface area (Å²) in [4.78, 5) is 24.0. The first kappa shape index (κ1) is 13.1. The number of nitrogen functional groups attached to an aromatic ring is 1. The minimum absolute atomic E-state index is 0.0614. The van der Waals surface area contributed by atoms with Crippen LogP contribution in [0.25, 0.3) is 10.8 Å². The van der Waals surface area contributed by atoms with Gasteiger partial charge < -0.3 is 16.0 Å². The summed E-state index contributed by atoms with van der Waals surface area (Å²) in [6.45, 7) is 3.71. The summed E-state index contributed by atoms with van der Waals surface area (Å²) >= 11 is 0. The van der Waals surface area contributed by atoms with E-state index < -0.39 is 11.9 Å². The van der Waals surface area contributed by atoms with Crippen LogP contribution in [0.5, 0.6) is 0 Å². The summed E-state index contributed by atoms with van der Waals surface area (Å²) in [5.41, 5.74) is 11.5. The molecule has 0 aliphatic rings. The van der Waals surface area contributed by atoms with Crippen molar-refractivity contribution in [2.24, 2.45) is 11.7 Å². The van der Waals surface area contributed by atoms with Crippen molar-refractivity contribution in [3.05, 3.63) is 40.8 Å². The Hall–Kier alpha value is -2.30. The normalized spacial score (nSPS) is 12.8. The van der Waals surface area contributed by atoms with Gasteiger partial charge >= 0.3 is 0 Å². The summed E-state index contributed by atoms with van der Waals surface area (Å²) in [5, 5.41) is 1.19. The molecule has 5 nitrogen and oxygen atoms in total. The highest BCUT2D eigenvalue weighted by atomic mass is 16.2. The van der Waals surface area contributed by atoms with Crippen molar-refractivity contribution in [3.63, 3.8) is 0 Å². The molecule has 100 valence electrons. The topological polar surface area (TPSA) is 91.1 Å². The van der Waals surface area contributed by atoms with Gasteiger partial charge in [-0.25, -0.2) is 0 Å². The number of anilines is 1. The van der Waals surface area contributed by atoms with E-state index in [2.05, 4.69) is 0 Å². The minimum atomic E-state index is -0.654. The lowest BCUT2D eigenvalue weighted by Crippen LogP contribution is -2.36. The zero-order chi connectivity index (χ0) is 14.2. The molecule has 1 amide bonds. The van der Waals surface area contributed by atoms with Crippen LogP contribution in [0.15, 0.2) is 35.3 Å². The molecule has 5 heteroatoms. The van der Waals surface area contributed by atoms with Crippen molar-refractivity contribution >= 4 is 22.4 Å². The molecule has 0 aliphatic heterocycles. The van der Waals surface area contributed by atoms with E-state index in [0.29, 0.717) is 16.5 Å². The van der Waals surface area contributed by atoms with Crippen molar-refractivity contribution in [1.29, 1.82) is 0 Å². The molecule has 4 N–H and O–H groups in total. The molecule has 1 aromatic heterocycles. The monoisotopic (exact) mass is 259 g/mol. The number of nitrogens with two attached hydrogens (primary N) is 2. The fourth-order valence-corrected chi connectivity index (χ4v) is 2.32. The predicted molar refractivity (Wildman–Crippen MR) is 75.7 cm³/mol. The Morgan fingerprint density at radius 1 is 1.21 bits per heavy atom. The highest BCUT2D eigenvalue weighted by Crippen LogP contribution is 2.20. The Morgan fingerprint density at radius 3 is 2.47 bits per heavy atom. The molecule has 2 rings (SSSR count). The van der Waals surface area contributed by atoms with Gasteiger partial charge in [0.1, 0.15) is 6.04 Å². The number of rotatable bonds is 3. The Kier molecular flexibility index (Phi) is 3.29. The van der Waals surface area contributed by atoms with Crippen LogP contribution < -0.4 is 17.0 Å². The highest BCUT2D eigenvalue weighted by molar-refractivity contribution is 5.92. The number of carbonyl (C=O) groups excluding carboxylic acids is 1. The second-order valence-electron chi connectivity index (χ2n) is 4.93. The molecular weight excluding hydrogens is 242 g/mol. The Morgan fingerprint density at radius 2 is 1.89 bits per heavy atom. The average molecular weight is 259 g/mol. The number of carbonyl (C=O) groups is 1. The van der Waals surface area contributed by atoms with Gasteiger partial charge in [0.2, 0.25) is 5.91 Å². The van der Waals surface area contributed by atoms with E-state index in [1.54, 1.807) is 30.5 Å². The smallest absolute Gasteiger partial charge is 0.259 e. The molecule has 0 radical (unpaired) electrons. The molecule has 0 aliphatic carbocycles. The van der Waals surface area contributed by atoms with Crippen LogP contribution in [0.1, 0.15) is 19.9 Å². The fourth-order valence-electron chi connectivity index (χ4n) is 2.32. The van der Waals surface area contributed by atoms with E-state index in [1.165, 1.54) is 4.57 Å². The van der Waals surface area contributed by atoms with E-state index in [0.717, 1.165) is 0 Å². The second kappa shape index (κ2) is 4.76. The van der Waals surface area contributed by atoms with E-state index in [-0.39, 0.29) is 11.5 Å². The SMILES string of the molecule is CC(C)C(C(N)=O)n1ccc2c(N)cccc2c1=O. The first-order valence-electron chi connectivity index (χ1n) is 6.12. The third kappa shape index (κ3) is 2.19. The molecule has 1 atom stereocenters. The van der Waals surface area contributed by atoms with Crippen LogP contribution in [-0.2, 0) is 4.79 Å². The number of nitrogens with zero attached hydrogens (tertiary/aromatic N) is 1. The fraction of sp³-hybridized carbons (Fsp3) is 0.286. The predicted octanol–water partition coefficient (Wildman–Crippen LogP) is 1.27. The van der Waals surface area contributed by atoms with Crippen LogP contribution in [-0.4, -0.2) is 10.5 Å². The van der Waals surface area contributed by atoms with Gasteiger partial charge in [-0.2, -0.15) is 0 Å². The molecule has 1 heterocycles. The molecule has 1 unspecified atom stereocenters. The zero-order valence-corrected chi connectivity index (χ0v) is 11.0. The molecule has 0 bridgehead atoms. The number of amides is 1. The van der Waals surface area contributed by atoms with Crippen molar-refractivity contribution in [2.75, 3.05) is 5.73 Å². The summed E-state index contributed by atoms with van der Waals surface area (Å²) < 4.78 is 1.38. The van der Waals surface area contributed by atoms with E-state index in [9.17, 15) is 9.59 Å². The van der Waals surface area contributed by atoms with Crippen molar-refractivity contribution < 1.29 is 4.79 Å². The van der Waals surface area contributed by atoms with Gasteiger partial charge in [0.25, 0.3) is 5.56 Å². The Bertz CT molecular complexity index is 689. The maximum absolute atomic E-state index is 12.4.